The Kier molecular flexibility index (Phi) is 3.35. The van der Waals surface area contributed by atoms with Crippen LogP contribution >= 0.6 is 0 Å². The van der Waals surface area contributed by atoms with Gasteiger partial charge in [0.1, 0.15) is 11.5 Å². The van der Waals surface area contributed by atoms with Gasteiger partial charge in [-0.15, -0.1) is 0 Å². The second-order valence-electron chi connectivity index (χ2n) is 6.49. The Morgan fingerprint density at radius 3 is 2.11 bits per heavy atom. The lowest BCUT2D eigenvalue weighted by Gasteiger charge is -2.36. The van der Waals surface area contributed by atoms with Crippen LogP contribution in [-0.4, -0.2) is 13.4 Å². The molecule has 0 aliphatic carbocycles. The molecule has 0 unspecified atom stereocenters. The molecular weight excluding hydrogens is 252 g/mol. The molecule has 2 aromatic rings. The maximum Gasteiger partial charge on any atom is 0.250 e. The second-order valence-corrected chi connectivity index (χ2v) is 11.2. The molecule has 0 bridgehead atoms. The molecule has 0 aromatic heterocycles. The average molecular weight is 274 g/mol. The summed E-state index contributed by atoms with van der Waals surface area (Å²) in [6.07, 6.45) is 0. The van der Waals surface area contributed by atoms with E-state index in [2.05, 4.69) is 33.9 Å². The number of hydrogen-bond acceptors (Lipinski definition) is 2. The van der Waals surface area contributed by atoms with E-state index in [9.17, 15) is 5.11 Å². The first-order valence-corrected chi connectivity index (χ1v) is 9.53. The molecule has 2 rings (SSSR count). The van der Waals surface area contributed by atoms with E-state index < -0.39 is 8.32 Å². The van der Waals surface area contributed by atoms with Crippen LogP contribution in [0.15, 0.2) is 36.4 Å². The zero-order valence-corrected chi connectivity index (χ0v) is 13.3. The van der Waals surface area contributed by atoms with Crippen molar-refractivity contribution in [3.8, 4) is 11.5 Å². The predicted octanol–water partition coefficient (Wildman–Crippen LogP) is 4.93. The van der Waals surface area contributed by atoms with Gasteiger partial charge in [-0.2, -0.15) is 0 Å². The zero-order chi connectivity index (χ0) is 14.3. The third kappa shape index (κ3) is 2.61. The Morgan fingerprint density at radius 2 is 1.53 bits per heavy atom. The van der Waals surface area contributed by atoms with Crippen molar-refractivity contribution < 1.29 is 9.53 Å². The largest absolute Gasteiger partial charge is 0.543 e. The second kappa shape index (κ2) is 4.56. The fourth-order valence-electron chi connectivity index (χ4n) is 1.77. The summed E-state index contributed by atoms with van der Waals surface area (Å²) >= 11 is 0. The summed E-state index contributed by atoms with van der Waals surface area (Å²) in [5.74, 6) is 1.18. The van der Waals surface area contributed by atoms with Crippen molar-refractivity contribution in [3.05, 3.63) is 36.4 Å². The summed E-state index contributed by atoms with van der Waals surface area (Å²) in [5, 5.41) is 11.9. The van der Waals surface area contributed by atoms with E-state index >= 15 is 0 Å². The highest BCUT2D eigenvalue weighted by Crippen LogP contribution is 2.40. The first-order valence-electron chi connectivity index (χ1n) is 6.62. The molecule has 0 aliphatic heterocycles. The zero-order valence-electron chi connectivity index (χ0n) is 12.3. The number of benzene rings is 2. The quantitative estimate of drug-likeness (QED) is 0.787. The van der Waals surface area contributed by atoms with Gasteiger partial charge in [-0.1, -0.05) is 45.0 Å². The van der Waals surface area contributed by atoms with Crippen molar-refractivity contribution >= 4 is 19.1 Å². The fourth-order valence-corrected chi connectivity index (χ4v) is 2.81. The highest BCUT2D eigenvalue weighted by Gasteiger charge is 2.39. The van der Waals surface area contributed by atoms with Gasteiger partial charge < -0.3 is 9.53 Å². The lowest BCUT2D eigenvalue weighted by atomic mass is 10.1. The third-order valence-corrected chi connectivity index (χ3v) is 8.37. The van der Waals surface area contributed by atoms with E-state index in [0.29, 0.717) is 5.75 Å². The summed E-state index contributed by atoms with van der Waals surface area (Å²) in [6, 6.07) is 11.4. The van der Waals surface area contributed by atoms with Crippen LogP contribution in [0.3, 0.4) is 0 Å². The first-order chi connectivity index (χ1) is 8.72. The number of phenols is 1. The maximum atomic E-state index is 9.91. The highest BCUT2D eigenvalue weighted by molar-refractivity contribution is 6.74. The topological polar surface area (TPSA) is 29.5 Å². The maximum absolute atomic E-state index is 9.91. The third-order valence-electron chi connectivity index (χ3n) is 4.03. The number of aromatic hydroxyl groups is 1. The summed E-state index contributed by atoms with van der Waals surface area (Å²) < 4.78 is 6.36. The van der Waals surface area contributed by atoms with Crippen molar-refractivity contribution in [1.29, 1.82) is 0 Å². The van der Waals surface area contributed by atoms with Gasteiger partial charge in [0.2, 0.25) is 0 Å². The predicted molar refractivity (Wildman–Crippen MR) is 83.4 cm³/mol. The summed E-state index contributed by atoms with van der Waals surface area (Å²) in [4.78, 5) is 0. The van der Waals surface area contributed by atoms with Crippen LogP contribution in [0.4, 0.5) is 0 Å². The fraction of sp³-hybridized carbons (Fsp3) is 0.375. The molecule has 102 valence electrons. The van der Waals surface area contributed by atoms with Crippen molar-refractivity contribution in [1.82, 2.24) is 0 Å². The molecule has 0 saturated carbocycles. The number of hydrogen-bond donors (Lipinski definition) is 1. The van der Waals surface area contributed by atoms with E-state index in [1.165, 1.54) is 0 Å². The van der Waals surface area contributed by atoms with E-state index in [0.717, 1.165) is 16.5 Å². The highest BCUT2D eigenvalue weighted by atomic mass is 28.4. The molecule has 2 nitrogen and oxygen atoms in total. The molecule has 0 fully saturated rings. The molecule has 0 atom stereocenters. The molecule has 3 heteroatoms. The Hall–Kier alpha value is -1.48. The number of phenolic OH excluding ortho intramolecular Hbond substituents is 1. The SMILES string of the molecule is CC(C)(C)[Si](C)(C)Oc1ccc(O)c2ccccc12. The molecule has 0 amide bonds. The molecule has 0 spiro atoms. The minimum absolute atomic E-state index is 0.159. The van der Waals surface area contributed by atoms with Crippen LogP contribution < -0.4 is 4.43 Å². The van der Waals surface area contributed by atoms with Crippen LogP contribution in [0.2, 0.25) is 18.1 Å². The molecule has 19 heavy (non-hydrogen) atoms. The van der Waals surface area contributed by atoms with Gasteiger partial charge in [-0.25, -0.2) is 0 Å². The molecule has 1 N–H and O–H groups in total. The van der Waals surface area contributed by atoms with Gasteiger partial charge in [-0.05, 0) is 30.3 Å². The van der Waals surface area contributed by atoms with Gasteiger partial charge in [0, 0.05) is 10.8 Å². The van der Waals surface area contributed by atoms with Gasteiger partial charge in [0.25, 0.3) is 8.32 Å². The van der Waals surface area contributed by atoms with E-state index in [-0.39, 0.29) is 5.04 Å². The van der Waals surface area contributed by atoms with Crippen LogP contribution in [-0.2, 0) is 0 Å². The first kappa shape index (κ1) is 13.9. The molecule has 0 radical (unpaired) electrons. The summed E-state index contributed by atoms with van der Waals surface area (Å²) in [6.45, 7) is 11.1. The van der Waals surface area contributed by atoms with Crippen molar-refractivity contribution in [3.63, 3.8) is 0 Å². The Labute approximate surface area is 116 Å². The van der Waals surface area contributed by atoms with Crippen LogP contribution in [0.5, 0.6) is 11.5 Å². The molecule has 0 saturated heterocycles. The number of rotatable bonds is 2. The lowest BCUT2D eigenvalue weighted by molar-refractivity contribution is 0.476. The molecule has 0 heterocycles. The smallest absolute Gasteiger partial charge is 0.250 e. The van der Waals surface area contributed by atoms with Crippen molar-refractivity contribution in [2.24, 2.45) is 0 Å². The van der Waals surface area contributed by atoms with E-state index in [1.54, 1.807) is 6.07 Å². The van der Waals surface area contributed by atoms with Crippen LogP contribution in [0.1, 0.15) is 20.8 Å². The summed E-state index contributed by atoms with van der Waals surface area (Å²) in [5.41, 5.74) is 0. The minimum Gasteiger partial charge on any atom is -0.543 e. The number of fused-ring (bicyclic) bond motifs is 1. The van der Waals surface area contributed by atoms with Gasteiger partial charge in [0.15, 0.2) is 0 Å². The standard InChI is InChI=1S/C16H22O2Si/c1-16(2,3)19(4,5)18-15-11-10-14(17)12-8-6-7-9-13(12)15/h6-11,17H,1-5H3. The normalized spacial score (nSPS) is 12.7. The molecular formula is C16H22O2Si. The monoisotopic (exact) mass is 274 g/mol. The van der Waals surface area contributed by atoms with E-state index in [4.69, 9.17) is 4.43 Å². The van der Waals surface area contributed by atoms with Crippen LogP contribution in [0.25, 0.3) is 10.8 Å². The Balaban J connectivity index is 2.51. The van der Waals surface area contributed by atoms with Crippen molar-refractivity contribution in [2.45, 2.75) is 38.9 Å². The van der Waals surface area contributed by atoms with Gasteiger partial charge in [-0.3, -0.25) is 0 Å². The van der Waals surface area contributed by atoms with Gasteiger partial charge >= 0.3 is 0 Å². The van der Waals surface area contributed by atoms with Crippen molar-refractivity contribution in [2.75, 3.05) is 0 Å². The van der Waals surface area contributed by atoms with E-state index in [1.807, 2.05) is 30.3 Å². The summed E-state index contributed by atoms with van der Waals surface area (Å²) in [7, 11) is -1.86. The van der Waals surface area contributed by atoms with Crippen LogP contribution in [0, 0.1) is 0 Å². The Bertz CT molecular complexity index is 597. The lowest BCUT2D eigenvalue weighted by Crippen LogP contribution is -2.43. The molecule has 2 aromatic carbocycles. The molecule has 0 aliphatic rings. The Morgan fingerprint density at radius 1 is 0.947 bits per heavy atom. The minimum atomic E-state index is -1.86. The average Bonchev–Trinajstić information content (AvgIpc) is 2.32. The van der Waals surface area contributed by atoms with Gasteiger partial charge in [0.05, 0.1) is 0 Å².